The number of nitro groups is 1. The lowest BCUT2D eigenvalue weighted by atomic mass is 10.2. The van der Waals surface area contributed by atoms with Gasteiger partial charge in [-0.25, -0.2) is 5.84 Å². The van der Waals surface area contributed by atoms with E-state index < -0.39 is 4.92 Å². The number of ether oxygens (including phenoxy) is 1. The SMILES string of the molecule is COc1ccc(N(N)Cc2cccc([N+](=O)[O-])c2)cc1.Cl. The average molecular weight is 310 g/mol. The first-order valence-electron chi connectivity index (χ1n) is 6.00. The Hall–Kier alpha value is -2.31. The normalized spacial score (nSPS) is 9.62. The number of hydrogen-bond donors (Lipinski definition) is 1. The van der Waals surface area contributed by atoms with Gasteiger partial charge in [0.2, 0.25) is 0 Å². The van der Waals surface area contributed by atoms with Crippen LogP contribution in [0.25, 0.3) is 0 Å². The number of nitrogens with zero attached hydrogens (tertiary/aromatic N) is 2. The summed E-state index contributed by atoms with van der Waals surface area (Å²) in [6, 6.07) is 13.7. The summed E-state index contributed by atoms with van der Waals surface area (Å²) in [6.07, 6.45) is 0. The van der Waals surface area contributed by atoms with E-state index >= 15 is 0 Å². The molecule has 0 unspecified atom stereocenters. The van der Waals surface area contributed by atoms with Gasteiger partial charge in [-0.3, -0.25) is 10.1 Å². The van der Waals surface area contributed by atoms with Crippen LogP contribution < -0.4 is 15.6 Å². The molecule has 2 rings (SSSR count). The predicted octanol–water partition coefficient (Wildman–Crippen LogP) is 2.91. The van der Waals surface area contributed by atoms with Crippen molar-refractivity contribution in [2.24, 2.45) is 5.84 Å². The summed E-state index contributed by atoms with van der Waals surface area (Å²) in [5.41, 5.74) is 1.64. The number of hydrazine groups is 1. The molecule has 21 heavy (non-hydrogen) atoms. The summed E-state index contributed by atoms with van der Waals surface area (Å²) in [5.74, 6) is 6.72. The van der Waals surface area contributed by atoms with Gasteiger partial charge >= 0.3 is 0 Å². The standard InChI is InChI=1S/C14H15N3O3.ClH/c1-20-14-7-5-12(6-8-14)16(15)10-11-3-2-4-13(9-11)17(18)19;/h2-9H,10,15H2,1H3;1H. The molecule has 0 aliphatic carbocycles. The minimum absolute atomic E-state index is 0. The number of hydrogen-bond acceptors (Lipinski definition) is 5. The zero-order valence-corrected chi connectivity index (χ0v) is 12.2. The van der Waals surface area contributed by atoms with Crippen LogP contribution in [0, 0.1) is 10.1 Å². The van der Waals surface area contributed by atoms with Crippen molar-refractivity contribution in [3.8, 4) is 5.75 Å². The summed E-state index contributed by atoms with van der Waals surface area (Å²) in [4.78, 5) is 10.3. The number of methoxy groups -OCH3 is 1. The van der Waals surface area contributed by atoms with Crippen LogP contribution in [0.2, 0.25) is 0 Å². The van der Waals surface area contributed by atoms with Crippen molar-refractivity contribution >= 4 is 23.8 Å². The molecule has 0 saturated heterocycles. The summed E-state index contributed by atoms with van der Waals surface area (Å²) >= 11 is 0. The topological polar surface area (TPSA) is 81.6 Å². The first kappa shape index (κ1) is 16.7. The maximum Gasteiger partial charge on any atom is 0.269 e. The van der Waals surface area contributed by atoms with Gasteiger partial charge in [-0.05, 0) is 29.8 Å². The van der Waals surface area contributed by atoms with E-state index in [-0.39, 0.29) is 18.1 Å². The molecule has 0 radical (unpaired) electrons. The van der Waals surface area contributed by atoms with Crippen LogP contribution in [-0.2, 0) is 6.54 Å². The molecule has 7 heteroatoms. The number of anilines is 1. The largest absolute Gasteiger partial charge is 0.497 e. The highest BCUT2D eigenvalue weighted by molar-refractivity contribution is 5.85. The molecule has 0 aromatic heterocycles. The molecule has 0 spiro atoms. The van der Waals surface area contributed by atoms with Crippen LogP contribution in [0.4, 0.5) is 11.4 Å². The van der Waals surface area contributed by atoms with E-state index in [0.717, 1.165) is 17.0 Å². The fraction of sp³-hybridized carbons (Fsp3) is 0.143. The molecule has 0 amide bonds. The highest BCUT2D eigenvalue weighted by Crippen LogP contribution is 2.20. The second kappa shape index (κ2) is 7.47. The van der Waals surface area contributed by atoms with Crippen molar-refractivity contribution in [1.29, 1.82) is 0 Å². The summed E-state index contributed by atoms with van der Waals surface area (Å²) < 4.78 is 5.07. The first-order chi connectivity index (χ1) is 9.60. The number of non-ortho nitro benzene ring substituents is 1. The van der Waals surface area contributed by atoms with Crippen LogP contribution >= 0.6 is 12.4 Å². The van der Waals surface area contributed by atoms with Gasteiger partial charge in [0.05, 0.1) is 24.3 Å². The van der Waals surface area contributed by atoms with Gasteiger partial charge < -0.3 is 9.75 Å². The van der Waals surface area contributed by atoms with Crippen LogP contribution in [0.15, 0.2) is 48.5 Å². The molecule has 2 N–H and O–H groups in total. The zero-order valence-electron chi connectivity index (χ0n) is 11.4. The molecule has 2 aromatic carbocycles. The van der Waals surface area contributed by atoms with Crippen LogP contribution in [0.3, 0.4) is 0 Å². The number of nitrogens with two attached hydrogens (primary N) is 1. The molecule has 0 aliphatic heterocycles. The minimum Gasteiger partial charge on any atom is -0.497 e. The Morgan fingerprint density at radius 1 is 1.24 bits per heavy atom. The predicted molar refractivity (Wildman–Crippen MR) is 83.7 cm³/mol. The van der Waals surface area contributed by atoms with E-state index in [1.165, 1.54) is 17.1 Å². The van der Waals surface area contributed by atoms with Gasteiger partial charge in [-0.2, -0.15) is 0 Å². The number of halogens is 1. The maximum atomic E-state index is 10.7. The first-order valence-corrected chi connectivity index (χ1v) is 6.00. The molecule has 0 bridgehead atoms. The van der Waals surface area contributed by atoms with Crippen molar-refractivity contribution < 1.29 is 9.66 Å². The average Bonchev–Trinajstić information content (AvgIpc) is 2.47. The number of benzene rings is 2. The van der Waals surface area contributed by atoms with E-state index in [0.29, 0.717) is 6.54 Å². The monoisotopic (exact) mass is 309 g/mol. The minimum atomic E-state index is -0.419. The highest BCUT2D eigenvalue weighted by atomic mass is 35.5. The van der Waals surface area contributed by atoms with Crippen molar-refractivity contribution in [2.45, 2.75) is 6.54 Å². The third-order valence-corrected chi connectivity index (χ3v) is 2.88. The molecule has 0 fully saturated rings. The molecule has 2 aromatic rings. The molecular weight excluding hydrogens is 294 g/mol. The third-order valence-electron chi connectivity index (χ3n) is 2.88. The van der Waals surface area contributed by atoms with Gasteiger partial charge in [0.25, 0.3) is 5.69 Å². The Labute approximate surface area is 128 Å². The fourth-order valence-electron chi connectivity index (χ4n) is 1.83. The second-order valence-electron chi connectivity index (χ2n) is 4.25. The summed E-state index contributed by atoms with van der Waals surface area (Å²) in [7, 11) is 1.60. The molecule has 0 heterocycles. The Bertz CT molecular complexity index is 605. The lowest BCUT2D eigenvalue weighted by molar-refractivity contribution is -0.384. The Balaban J connectivity index is 0.00000220. The summed E-state index contributed by atoms with van der Waals surface area (Å²) in [6.45, 7) is 0.383. The fourth-order valence-corrected chi connectivity index (χ4v) is 1.83. The van der Waals surface area contributed by atoms with Crippen molar-refractivity contribution in [2.75, 3.05) is 12.1 Å². The lowest BCUT2D eigenvalue weighted by Gasteiger charge is -2.19. The molecule has 0 atom stereocenters. The van der Waals surface area contributed by atoms with E-state index in [9.17, 15) is 10.1 Å². The molecule has 0 aliphatic rings. The van der Waals surface area contributed by atoms with E-state index in [1.807, 2.05) is 24.3 Å². The van der Waals surface area contributed by atoms with Crippen molar-refractivity contribution in [3.05, 3.63) is 64.2 Å². The molecular formula is C14H16ClN3O3. The highest BCUT2D eigenvalue weighted by Gasteiger charge is 2.08. The van der Waals surface area contributed by atoms with Gasteiger partial charge in [0.1, 0.15) is 5.75 Å². The Kier molecular flexibility index (Phi) is 5.95. The van der Waals surface area contributed by atoms with Gasteiger partial charge in [-0.15, -0.1) is 12.4 Å². The summed E-state index contributed by atoms with van der Waals surface area (Å²) in [5, 5.41) is 12.3. The van der Waals surface area contributed by atoms with Crippen LogP contribution in [0.5, 0.6) is 5.75 Å². The van der Waals surface area contributed by atoms with Gasteiger partial charge in [0.15, 0.2) is 0 Å². The Morgan fingerprint density at radius 3 is 2.48 bits per heavy atom. The van der Waals surface area contributed by atoms with Crippen molar-refractivity contribution in [3.63, 3.8) is 0 Å². The van der Waals surface area contributed by atoms with E-state index in [4.69, 9.17) is 10.6 Å². The van der Waals surface area contributed by atoms with Gasteiger partial charge in [-0.1, -0.05) is 12.1 Å². The maximum absolute atomic E-state index is 10.7. The molecule has 112 valence electrons. The van der Waals surface area contributed by atoms with Crippen LogP contribution in [0.1, 0.15) is 5.56 Å². The second-order valence-corrected chi connectivity index (χ2v) is 4.25. The quantitative estimate of drug-likeness (QED) is 0.522. The van der Waals surface area contributed by atoms with Crippen LogP contribution in [-0.4, -0.2) is 12.0 Å². The lowest BCUT2D eigenvalue weighted by Crippen LogP contribution is -2.29. The van der Waals surface area contributed by atoms with E-state index in [1.54, 1.807) is 19.2 Å². The number of rotatable bonds is 5. The third kappa shape index (κ3) is 4.34. The van der Waals surface area contributed by atoms with Crippen molar-refractivity contribution in [1.82, 2.24) is 0 Å². The molecule has 0 saturated carbocycles. The zero-order chi connectivity index (χ0) is 14.5. The number of nitro benzene ring substituents is 1. The molecule has 6 nitrogen and oxygen atoms in total. The smallest absolute Gasteiger partial charge is 0.269 e. The van der Waals surface area contributed by atoms with E-state index in [2.05, 4.69) is 0 Å². The Morgan fingerprint density at radius 2 is 1.90 bits per heavy atom. The van der Waals surface area contributed by atoms with Gasteiger partial charge in [0, 0.05) is 12.1 Å².